The Kier molecular flexibility index (Phi) is 9.06. The highest BCUT2D eigenvalue weighted by Crippen LogP contribution is 2.16. The summed E-state index contributed by atoms with van der Waals surface area (Å²) in [5, 5.41) is 2.43. The maximum atomic E-state index is 10.0. The highest BCUT2D eigenvalue weighted by atomic mass is 16.5. The van der Waals surface area contributed by atoms with E-state index in [1.165, 1.54) is 26.0 Å². The molecule has 1 unspecified atom stereocenters. The van der Waals surface area contributed by atoms with Crippen molar-refractivity contribution in [3.05, 3.63) is 35.9 Å². The van der Waals surface area contributed by atoms with Crippen molar-refractivity contribution < 1.29 is 9.53 Å². The Bertz CT molecular complexity index is 298. The topological polar surface area (TPSA) is 38.3 Å². The molecule has 96 valence electrons. The van der Waals surface area contributed by atoms with Crippen molar-refractivity contribution in [1.29, 1.82) is 0 Å². The molecular weight excluding hydrogens is 214 g/mol. The number of benzene rings is 1. The summed E-state index contributed by atoms with van der Waals surface area (Å²) in [6, 6.07) is 10.6. The molecule has 0 bridgehead atoms. The second-order valence-electron chi connectivity index (χ2n) is 3.89. The van der Waals surface area contributed by atoms with Crippen LogP contribution in [0.1, 0.15) is 38.7 Å². The van der Waals surface area contributed by atoms with E-state index in [1.807, 2.05) is 0 Å². The van der Waals surface area contributed by atoms with Gasteiger partial charge in [0, 0.05) is 14.0 Å². The standard InChI is InChI=1S/C10H14.C4H9NO2/c1-3-9(2)10-7-5-4-6-8-10;1-4(6)5-3-7-2/h4-9H,3H2,1-2H3;3H2,1-2H3,(H,5,6). The van der Waals surface area contributed by atoms with E-state index in [0.29, 0.717) is 12.6 Å². The summed E-state index contributed by atoms with van der Waals surface area (Å²) < 4.78 is 4.52. The molecule has 1 rings (SSSR count). The molecule has 1 amide bonds. The smallest absolute Gasteiger partial charge is 0.218 e. The number of hydrogen-bond acceptors (Lipinski definition) is 2. The summed E-state index contributed by atoms with van der Waals surface area (Å²) in [6.07, 6.45) is 1.23. The van der Waals surface area contributed by atoms with Gasteiger partial charge in [-0.25, -0.2) is 0 Å². The molecule has 3 heteroatoms. The molecule has 1 aromatic rings. The van der Waals surface area contributed by atoms with Crippen LogP contribution in [0.25, 0.3) is 0 Å². The number of carbonyl (C=O) groups is 1. The van der Waals surface area contributed by atoms with Crippen LogP contribution in [0.3, 0.4) is 0 Å². The minimum atomic E-state index is -0.0677. The molecule has 0 saturated heterocycles. The molecule has 0 aliphatic heterocycles. The maximum absolute atomic E-state index is 10.0. The van der Waals surface area contributed by atoms with Crippen LogP contribution in [0.4, 0.5) is 0 Å². The molecule has 0 aliphatic carbocycles. The van der Waals surface area contributed by atoms with Gasteiger partial charge < -0.3 is 10.1 Å². The van der Waals surface area contributed by atoms with Gasteiger partial charge in [-0.05, 0) is 17.9 Å². The maximum Gasteiger partial charge on any atom is 0.218 e. The quantitative estimate of drug-likeness (QED) is 0.818. The molecule has 0 saturated carbocycles. The zero-order chi connectivity index (χ0) is 13.1. The Balaban J connectivity index is 0.000000325. The predicted octanol–water partition coefficient (Wildman–Crippen LogP) is 2.93. The number of ether oxygens (including phenoxy) is 1. The lowest BCUT2D eigenvalue weighted by Crippen LogP contribution is -2.21. The second-order valence-corrected chi connectivity index (χ2v) is 3.89. The molecular formula is C14H23NO2. The normalized spacial score (nSPS) is 11.1. The number of methoxy groups -OCH3 is 1. The first-order valence-electron chi connectivity index (χ1n) is 5.90. The van der Waals surface area contributed by atoms with Gasteiger partial charge in [0.15, 0.2) is 0 Å². The molecule has 0 spiro atoms. The monoisotopic (exact) mass is 237 g/mol. The van der Waals surface area contributed by atoms with Crippen molar-refractivity contribution in [1.82, 2.24) is 5.32 Å². The van der Waals surface area contributed by atoms with Gasteiger partial charge in [0.05, 0.1) is 0 Å². The number of hydrogen-bond donors (Lipinski definition) is 1. The first-order chi connectivity index (χ1) is 8.11. The van der Waals surface area contributed by atoms with Gasteiger partial charge in [-0.15, -0.1) is 0 Å². The highest BCUT2D eigenvalue weighted by molar-refractivity contribution is 5.72. The van der Waals surface area contributed by atoms with Crippen LogP contribution in [0, 0.1) is 0 Å². The molecule has 3 nitrogen and oxygen atoms in total. The Labute approximate surface area is 104 Å². The van der Waals surface area contributed by atoms with Crippen LogP contribution in [-0.4, -0.2) is 19.7 Å². The number of nitrogens with one attached hydrogen (secondary N) is 1. The van der Waals surface area contributed by atoms with E-state index in [0.717, 1.165) is 0 Å². The number of amides is 1. The minimum absolute atomic E-state index is 0.0677. The van der Waals surface area contributed by atoms with Crippen molar-refractivity contribution in [3.63, 3.8) is 0 Å². The van der Waals surface area contributed by atoms with Gasteiger partial charge in [0.1, 0.15) is 6.73 Å². The van der Waals surface area contributed by atoms with Crippen molar-refractivity contribution in [2.24, 2.45) is 0 Å². The first kappa shape index (κ1) is 15.7. The summed E-state index contributed by atoms with van der Waals surface area (Å²) in [7, 11) is 1.52. The zero-order valence-electron chi connectivity index (χ0n) is 11.2. The second kappa shape index (κ2) is 9.85. The molecule has 0 aromatic heterocycles. The van der Waals surface area contributed by atoms with Crippen LogP contribution >= 0.6 is 0 Å². The van der Waals surface area contributed by atoms with Gasteiger partial charge in [0.25, 0.3) is 0 Å². The third-order valence-corrected chi connectivity index (χ3v) is 2.45. The minimum Gasteiger partial charge on any atom is -0.364 e. The van der Waals surface area contributed by atoms with Gasteiger partial charge in [-0.1, -0.05) is 44.2 Å². The van der Waals surface area contributed by atoms with E-state index in [1.54, 1.807) is 0 Å². The molecule has 0 aliphatic rings. The van der Waals surface area contributed by atoms with E-state index in [9.17, 15) is 4.79 Å². The summed E-state index contributed by atoms with van der Waals surface area (Å²) in [6.45, 7) is 6.22. The summed E-state index contributed by atoms with van der Waals surface area (Å²) in [5.41, 5.74) is 1.45. The third kappa shape index (κ3) is 8.46. The SMILES string of the molecule is CCC(C)c1ccccc1.COCNC(C)=O. The Morgan fingerprint density at radius 2 is 1.94 bits per heavy atom. The fourth-order valence-electron chi connectivity index (χ4n) is 1.19. The molecule has 0 fully saturated rings. The Morgan fingerprint density at radius 3 is 2.29 bits per heavy atom. The summed E-state index contributed by atoms with van der Waals surface area (Å²) in [5.74, 6) is 0.642. The van der Waals surface area contributed by atoms with Gasteiger partial charge in [-0.2, -0.15) is 0 Å². The summed E-state index contributed by atoms with van der Waals surface area (Å²) in [4.78, 5) is 10.0. The Morgan fingerprint density at radius 1 is 1.35 bits per heavy atom. The van der Waals surface area contributed by atoms with E-state index in [4.69, 9.17) is 0 Å². The molecule has 0 radical (unpaired) electrons. The highest BCUT2D eigenvalue weighted by Gasteiger charge is 1.98. The Hall–Kier alpha value is -1.35. The van der Waals surface area contributed by atoms with Gasteiger partial charge >= 0.3 is 0 Å². The van der Waals surface area contributed by atoms with Gasteiger partial charge in [-0.3, -0.25) is 4.79 Å². The van der Waals surface area contributed by atoms with E-state index < -0.39 is 0 Å². The van der Waals surface area contributed by atoms with Crippen LogP contribution in [0.15, 0.2) is 30.3 Å². The third-order valence-electron chi connectivity index (χ3n) is 2.45. The fraction of sp³-hybridized carbons (Fsp3) is 0.500. The van der Waals surface area contributed by atoms with Gasteiger partial charge in [0.2, 0.25) is 5.91 Å². The molecule has 1 atom stereocenters. The average Bonchev–Trinajstić information content (AvgIpc) is 2.37. The first-order valence-corrected chi connectivity index (χ1v) is 5.90. The molecule has 17 heavy (non-hydrogen) atoms. The van der Waals surface area contributed by atoms with Crippen LogP contribution in [0.5, 0.6) is 0 Å². The number of carbonyl (C=O) groups excluding carboxylic acids is 1. The van der Waals surface area contributed by atoms with Crippen molar-refractivity contribution >= 4 is 5.91 Å². The van der Waals surface area contributed by atoms with Crippen molar-refractivity contribution in [2.75, 3.05) is 13.8 Å². The van der Waals surface area contributed by atoms with Crippen molar-refractivity contribution in [3.8, 4) is 0 Å². The van der Waals surface area contributed by atoms with E-state index in [-0.39, 0.29) is 5.91 Å². The largest absolute Gasteiger partial charge is 0.364 e. The predicted molar refractivity (Wildman–Crippen MR) is 70.8 cm³/mol. The van der Waals surface area contributed by atoms with Crippen molar-refractivity contribution in [2.45, 2.75) is 33.1 Å². The number of rotatable bonds is 4. The van der Waals surface area contributed by atoms with E-state index in [2.05, 4.69) is 54.2 Å². The molecule has 1 N–H and O–H groups in total. The van der Waals surface area contributed by atoms with Crippen LogP contribution < -0.4 is 5.32 Å². The van der Waals surface area contributed by atoms with Crippen LogP contribution in [-0.2, 0) is 9.53 Å². The lowest BCUT2D eigenvalue weighted by Gasteiger charge is -2.06. The molecule has 1 aromatic carbocycles. The lowest BCUT2D eigenvalue weighted by atomic mass is 9.99. The fourth-order valence-corrected chi connectivity index (χ4v) is 1.19. The lowest BCUT2D eigenvalue weighted by molar-refractivity contribution is -0.120. The van der Waals surface area contributed by atoms with Crippen LogP contribution in [0.2, 0.25) is 0 Å². The summed E-state index contributed by atoms with van der Waals surface area (Å²) >= 11 is 0. The molecule has 0 heterocycles. The zero-order valence-corrected chi connectivity index (χ0v) is 11.2. The van der Waals surface area contributed by atoms with E-state index >= 15 is 0 Å². The average molecular weight is 237 g/mol.